The Morgan fingerprint density at radius 1 is 0.971 bits per heavy atom. The molecule has 178 valence electrons. The van der Waals surface area contributed by atoms with Gasteiger partial charge in [-0.05, 0) is 54.2 Å². The first-order valence-electron chi connectivity index (χ1n) is 12.2. The maximum Gasteiger partial charge on any atom is 0.256 e. The minimum Gasteiger partial charge on any atom is -0.351 e. The standard InChI is InChI=1S/C29H29N3O3/c1-20(22-8-3-2-4-9-22)18-30-27(33)23-15-13-21(14-16-23)19-32-25-11-6-5-10-24(25)28(34)31-17-7-12-26(31)29(32)35/h2-6,8-11,13-16,20,26H,7,12,17-19H2,1H3,(H,30,33). The average molecular weight is 468 g/mol. The zero-order chi connectivity index (χ0) is 24.4. The van der Waals surface area contributed by atoms with Crippen molar-refractivity contribution in [3.8, 4) is 0 Å². The highest BCUT2D eigenvalue weighted by Crippen LogP contribution is 2.33. The number of carbonyl (C=O) groups is 3. The van der Waals surface area contributed by atoms with E-state index in [2.05, 4.69) is 24.4 Å². The van der Waals surface area contributed by atoms with E-state index in [1.54, 1.807) is 28.0 Å². The van der Waals surface area contributed by atoms with Gasteiger partial charge in [-0.25, -0.2) is 0 Å². The molecule has 6 nitrogen and oxygen atoms in total. The number of nitrogens with one attached hydrogen (secondary N) is 1. The lowest BCUT2D eigenvalue weighted by Crippen LogP contribution is -2.44. The number of benzene rings is 3. The molecule has 0 radical (unpaired) electrons. The van der Waals surface area contributed by atoms with Crippen LogP contribution in [0.5, 0.6) is 0 Å². The highest BCUT2D eigenvalue weighted by molar-refractivity contribution is 6.11. The van der Waals surface area contributed by atoms with E-state index in [1.165, 1.54) is 5.56 Å². The van der Waals surface area contributed by atoms with Gasteiger partial charge in [0.1, 0.15) is 6.04 Å². The zero-order valence-corrected chi connectivity index (χ0v) is 19.8. The highest BCUT2D eigenvalue weighted by Gasteiger charge is 2.41. The Kier molecular flexibility index (Phi) is 6.36. The van der Waals surface area contributed by atoms with E-state index < -0.39 is 6.04 Å². The second-order valence-electron chi connectivity index (χ2n) is 9.32. The van der Waals surface area contributed by atoms with E-state index in [9.17, 15) is 14.4 Å². The number of para-hydroxylation sites is 1. The number of hydrogen-bond donors (Lipinski definition) is 1. The molecule has 6 heteroatoms. The molecule has 2 heterocycles. The van der Waals surface area contributed by atoms with Crippen LogP contribution in [-0.2, 0) is 11.3 Å². The lowest BCUT2D eigenvalue weighted by molar-refractivity contribution is -0.122. The molecule has 1 N–H and O–H groups in total. The van der Waals surface area contributed by atoms with Crippen LogP contribution in [0.3, 0.4) is 0 Å². The van der Waals surface area contributed by atoms with Gasteiger partial charge in [0.05, 0.1) is 17.8 Å². The van der Waals surface area contributed by atoms with E-state index in [1.807, 2.05) is 48.5 Å². The van der Waals surface area contributed by atoms with Crippen molar-refractivity contribution in [2.45, 2.75) is 38.3 Å². The summed E-state index contributed by atoms with van der Waals surface area (Å²) in [4.78, 5) is 42.7. The number of nitrogens with zero attached hydrogens (tertiary/aromatic N) is 2. The first kappa shape index (κ1) is 22.8. The molecule has 0 spiro atoms. The van der Waals surface area contributed by atoms with Gasteiger partial charge in [-0.1, -0.05) is 61.5 Å². The first-order chi connectivity index (χ1) is 17.0. The molecule has 2 atom stereocenters. The third-order valence-corrected chi connectivity index (χ3v) is 6.98. The fraction of sp³-hybridized carbons (Fsp3) is 0.276. The van der Waals surface area contributed by atoms with E-state index in [4.69, 9.17) is 0 Å². The van der Waals surface area contributed by atoms with Crippen molar-refractivity contribution in [1.82, 2.24) is 10.2 Å². The smallest absolute Gasteiger partial charge is 0.256 e. The van der Waals surface area contributed by atoms with Gasteiger partial charge in [-0.15, -0.1) is 0 Å². The monoisotopic (exact) mass is 467 g/mol. The third-order valence-electron chi connectivity index (χ3n) is 6.98. The van der Waals surface area contributed by atoms with E-state index in [0.29, 0.717) is 42.9 Å². The van der Waals surface area contributed by atoms with Gasteiger partial charge in [0.2, 0.25) is 5.91 Å². The van der Waals surface area contributed by atoms with E-state index in [0.717, 1.165) is 12.0 Å². The van der Waals surface area contributed by atoms with Crippen LogP contribution in [-0.4, -0.2) is 41.8 Å². The summed E-state index contributed by atoms with van der Waals surface area (Å²) in [6.07, 6.45) is 1.53. The molecule has 3 aromatic carbocycles. The molecular weight excluding hydrogens is 438 g/mol. The van der Waals surface area contributed by atoms with Gasteiger partial charge in [-0.2, -0.15) is 0 Å². The fourth-order valence-electron chi connectivity index (χ4n) is 4.96. The molecule has 35 heavy (non-hydrogen) atoms. The van der Waals surface area contributed by atoms with Crippen LogP contribution < -0.4 is 10.2 Å². The van der Waals surface area contributed by atoms with Crippen molar-refractivity contribution in [3.05, 3.63) is 101 Å². The first-order valence-corrected chi connectivity index (χ1v) is 12.2. The number of fused-ring (bicyclic) bond motifs is 2. The predicted molar refractivity (Wildman–Crippen MR) is 135 cm³/mol. The molecule has 2 unspecified atom stereocenters. The fourth-order valence-corrected chi connectivity index (χ4v) is 4.96. The Labute approximate surface area is 205 Å². The lowest BCUT2D eigenvalue weighted by Gasteiger charge is -2.26. The van der Waals surface area contributed by atoms with Gasteiger partial charge in [0.15, 0.2) is 0 Å². The van der Waals surface area contributed by atoms with Crippen molar-refractivity contribution in [2.75, 3.05) is 18.0 Å². The van der Waals surface area contributed by atoms with Crippen LogP contribution >= 0.6 is 0 Å². The number of rotatable bonds is 6. The average Bonchev–Trinajstić information content (AvgIpc) is 3.38. The summed E-state index contributed by atoms with van der Waals surface area (Å²) in [6, 6.07) is 24.4. The summed E-state index contributed by atoms with van der Waals surface area (Å²) >= 11 is 0. The van der Waals surface area contributed by atoms with Crippen LogP contribution in [0.25, 0.3) is 0 Å². The normalized spacial score (nSPS) is 18.0. The summed E-state index contributed by atoms with van der Waals surface area (Å²) in [5, 5.41) is 3.01. The second-order valence-corrected chi connectivity index (χ2v) is 9.32. The van der Waals surface area contributed by atoms with Crippen molar-refractivity contribution in [1.29, 1.82) is 0 Å². The van der Waals surface area contributed by atoms with Crippen LogP contribution in [0, 0.1) is 0 Å². The van der Waals surface area contributed by atoms with Gasteiger partial charge < -0.3 is 15.1 Å². The molecule has 3 amide bonds. The summed E-state index contributed by atoms with van der Waals surface area (Å²) in [5.74, 6) is -0.0256. The SMILES string of the molecule is CC(CNC(=O)c1ccc(CN2C(=O)C3CCCN3C(=O)c3ccccc32)cc1)c1ccccc1. The largest absolute Gasteiger partial charge is 0.351 e. The molecule has 0 bridgehead atoms. The van der Waals surface area contributed by atoms with Crippen LogP contribution in [0.4, 0.5) is 5.69 Å². The van der Waals surface area contributed by atoms with Crippen LogP contribution in [0.1, 0.15) is 57.5 Å². The number of carbonyl (C=O) groups excluding carboxylic acids is 3. The van der Waals surface area contributed by atoms with Crippen LogP contribution in [0.15, 0.2) is 78.9 Å². The van der Waals surface area contributed by atoms with Gasteiger partial charge in [0, 0.05) is 18.7 Å². The van der Waals surface area contributed by atoms with Crippen LogP contribution in [0.2, 0.25) is 0 Å². The Balaban J connectivity index is 1.30. The second kappa shape index (κ2) is 9.74. The predicted octanol–water partition coefficient (Wildman–Crippen LogP) is 4.37. The molecule has 0 aromatic heterocycles. The van der Waals surface area contributed by atoms with E-state index >= 15 is 0 Å². The summed E-state index contributed by atoms with van der Waals surface area (Å²) in [5.41, 5.74) is 3.88. The molecular formula is C29H29N3O3. The molecule has 0 saturated carbocycles. The molecule has 0 aliphatic carbocycles. The molecule has 1 saturated heterocycles. The summed E-state index contributed by atoms with van der Waals surface area (Å²) < 4.78 is 0. The highest BCUT2D eigenvalue weighted by atomic mass is 16.2. The lowest BCUT2D eigenvalue weighted by atomic mass is 10.0. The molecule has 2 aliphatic rings. The summed E-state index contributed by atoms with van der Waals surface area (Å²) in [7, 11) is 0. The Morgan fingerprint density at radius 3 is 2.46 bits per heavy atom. The third kappa shape index (κ3) is 4.56. The van der Waals surface area contributed by atoms with Crippen molar-refractivity contribution >= 4 is 23.4 Å². The summed E-state index contributed by atoms with van der Waals surface area (Å²) in [6.45, 7) is 3.60. The van der Waals surface area contributed by atoms with E-state index in [-0.39, 0.29) is 23.6 Å². The topological polar surface area (TPSA) is 69.7 Å². The van der Waals surface area contributed by atoms with Gasteiger partial charge in [-0.3, -0.25) is 14.4 Å². The Bertz CT molecular complexity index is 1240. The number of amides is 3. The number of anilines is 1. The zero-order valence-electron chi connectivity index (χ0n) is 19.8. The molecule has 2 aliphatic heterocycles. The van der Waals surface area contributed by atoms with Gasteiger partial charge >= 0.3 is 0 Å². The van der Waals surface area contributed by atoms with Crippen molar-refractivity contribution < 1.29 is 14.4 Å². The molecule has 5 rings (SSSR count). The van der Waals surface area contributed by atoms with Crippen molar-refractivity contribution in [2.24, 2.45) is 0 Å². The van der Waals surface area contributed by atoms with Crippen molar-refractivity contribution in [3.63, 3.8) is 0 Å². The molecule has 1 fully saturated rings. The minimum atomic E-state index is -0.411. The maximum atomic E-state index is 13.4. The maximum absolute atomic E-state index is 13.4. The quantitative estimate of drug-likeness (QED) is 0.585. The number of hydrogen-bond acceptors (Lipinski definition) is 3. The molecule has 3 aromatic rings. The Morgan fingerprint density at radius 2 is 1.69 bits per heavy atom. The Hall–Kier alpha value is -3.93. The van der Waals surface area contributed by atoms with Gasteiger partial charge in [0.25, 0.3) is 11.8 Å². The minimum absolute atomic E-state index is 0.0440.